The summed E-state index contributed by atoms with van der Waals surface area (Å²) in [5, 5.41) is 9.33. The number of aromatic nitrogens is 2. The van der Waals surface area contributed by atoms with E-state index < -0.39 is 5.82 Å². The Kier molecular flexibility index (Phi) is 5.23. The zero-order chi connectivity index (χ0) is 19.5. The second-order valence-electron chi connectivity index (χ2n) is 7.35. The van der Waals surface area contributed by atoms with Crippen molar-refractivity contribution in [1.29, 1.82) is 5.26 Å². The molecule has 0 spiro atoms. The molecular weight excluding hydrogens is 353 g/mol. The Bertz CT molecular complexity index is 971. The molecule has 2 aromatic heterocycles. The molecule has 6 heteroatoms. The summed E-state index contributed by atoms with van der Waals surface area (Å²) in [7, 11) is 0. The average molecular weight is 375 g/mol. The highest BCUT2D eigenvalue weighted by atomic mass is 19.1. The van der Waals surface area contributed by atoms with Gasteiger partial charge in [-0.2, -0.15) is 5.26 Å². The smallest absolute Gasteiger partial charge is 0.146 e. The molecule has 2 fully saturated rings. The molecule has 2 aliphatic rings. The standard InChI is InChI=1S/C22H22FN5/c1-16-4-2-5-19(26-16)8-9-20-6-3-7-21-15-27(10-11-28(20)21)22-17(13-24)12-18(23)14-25-22/h2,4-5,12,14,20-21H,3,6-7,10-11,15H2,1H3/t20-,21+/m1/s1. The number of fused-ring (bicyclic) bond motifs is 1. The monoisotopic (exact) mass is 375 g/mol. The lowest BCUT2D eigenvalue weighted by atomic mass is 9.93. The van der Waals surface area contributed by atoms with E-state index in [0.717, 1.165) is 50.3 Å². The molecule has 142 valence electrons. The molecule has 0 amide bonds. The normalized spacial score (nSPS) is 22.0. The number of hydrogen-bond acceptors (Lipinski definition) is 5. The maximum Gasteiger partial charge on any atom is 0.146 e. The second-order valence-corrected chi connectivity index (χ2v) is 7.35. The Labute approximate surface area is 164 Å². The molecule has 4 rings (SSSR count). The minimum absolute atomic E-state index is 0.222. The van der Waals surface area contributed by atoms with Crippen molar-refractivity contribution < 1.29 is 4.39 Å². The lowest BCUT2D eigenvalue weighted by Crippen LogP contribution is -2.58. The molecule has 0 aromatic carbocycles. The molecule has 5 nitrogen and oxygen atoms in total. The number of nitrogens with zero attached hydrogens (tertiary/aromatic N) is 5. The first-order valence-corrected chi connectivity index (χ1v) is 9.65. The van der Waals surface area contributed by atoms with Gasteiger partial charge in [-0.3, -0.25) is 4.90 Å². The lowest BCUT2D eigenvalue weighted by molar-refractivity contribution is 0.100. The summed E-state index contributed by atoms with van der Waals surface area (Å²) >= 11 is 0. The number of nitriles is 1. The third-order valence-electron chi connectivity index (χ3n) is 5.45. The zero-order valence-electron chi connectivity index (χ0n) is 15.9. The minimum Gasteiger partial charge on any atom is -0.353 e. The summed E-state index contributed by atoms with van der Waals surface area (Å²) in [4.78, 5) is 13.2. The van der Waals surface area contributed by atoms with Gasteiger partial charge in [-0.05, 0) is 50.3 Å². The van der Waals surface area contributed by atoms with Crippen molar-refractivity contribution in [2.45, 2.75) is 38.3 Å². The van der Waals surface area contributed by atoms with Gasteiger partial charge in [0.1, 0.15) is 23.4 Å². The van der Waals surface area contributed by atoms with E-state index in [0.29, 0.717) is 17.4 Å². The van der Waals surface area contributed by atoms with Gasteiger partial charge in [-0.25, -0.2) is 14.4 Å². The Balaban J connectivity index is 1.50. The predicted octanol–water partition coefficient (Wildman–Crippen LogP) is 2.89. The van der Waals surface area contributed by atoms with E-state index in [4.69, 9.17) is 0 Å². The Morgan fingerprint density at radius 3 is 2.96 bits per heavy atom. The van der Waals surface area contributed by atoms with Crippen molar-refractivity contribution in [2.24, 2.45) is 0 Å². The molecule has 2 atom stereocenters. The number of piperazine rings is 1. The number of hydrogen-bond donors (Lipinski definition) is 0. The lowest BCUT2D eigenvalue weighted by Gasteiger charge is -2.47. The van der Waals surface area contributed by atoms with Gasteiger partial charge in [0.15, 0.2) is 0 Å². The van der Waals surface area contributed by atoms with Crippen molar-refractivity contribution in [3.8, 4) is 17.9 Å². The maximum atomic E-state index is 13.4. The molecule has 4 heterocycles. The zero-order valence-corrected chi connectivity index (χ0v) is 15.9. The van der Waals surface area contributed by atoms with Gasteiger partial charge in [0.2, 0.25) is 0 Å². The predicted molar refractivity (Wildman–Crippen MR) is 105 cm³/mol. The maximum absolute atomic E-state index is 13.4. The minimum atomic E-state index is -0.475. The van der Waals surface area contributed by atoms with Crippen LogP contribution in [-0.4, -0.2) is 46.6 Å². The average Bonchev–Trinajstić information content (AvgIpc) is 2.71. The van der Waals surface area contributed by atoms with Crippen LogP contribution in [0, 0.1) is 35.9 Å². The highest BCUT2D eigenvalue weighted by Crippen LogP contribution is 2.29. The quantitative estimate of drug-likeness (QED) is 0.718. The molecular formula is C22H22FN5. The number of pyridine rings is 2. The van der Waals surface area contributed by atoms with Gasteiger partial charge < -0.3 is 4.90 Å². The van der Waals surface area contributed by atoms with Crippen molar-refractivity contribution in [2.75, 3.05) is 24.5 Å². The fourth-order valence-electron chi connectivity index (χ4n) is 4.13. The van der Waals surface area contributed by atoms with Crippen LogP contribution in [0.5, 0.6) is 0 Å². The van der Waals surface area contributed by atoms with Crippen LogP contribution in [0.25, 0.3) is 0 Å². The number of piperidine rings is 1. The Morgan fingerprint density at radius 1 is 1.25 bits per heavy atom. The van der Waals surface area contributed by atoms with Crippen molar-refractivity contribution >= 4 is 5.82 Å². The van der Waals surface area contributed by atoms with E-state index in [1.807, 2.05) is 25.1 Å². The number of anilines is 1. The molecule has 0 saturated carbocycles. The fraction of sp³-hybridized carbons (Fsp3) is 0.409. The highest BCUT2D eigenvalue weighted by molar-refractivity contribution is 5.54. The molecule has 28 heavy (non-hydrogen) atoms. The van der Waals surface area contributed by atoms with Gasteiger partial charge >= 0.3 is 0 Å². The van der Waals surface area contributed by atoms with Crippen molar-refractivity contribution in [3.63, 3.8) is 0 Å². The van der Waals surface area contributed by atoms with Crippen molar-refractivity contribution in [3.05, 3.63) is 53.2 Å². The van der Waals surface area contributed by atoms with Crippen LogP contribution in [0.1, 0.15) is 36.2 Å². The largest absolute Gasteiger partial charge is 0.353 e. The second kappa shape index (κ2) is 7.96. The summed E-state index contributed by atoms with van der Waals surface area (Å²) < 4.78 is 13.4. The topological polar surface area (TPSA) is 56.1 Å². The fourth-order valence-corrected chi connectivity index (χ4v) is 4.13. The Morgan fingerprint density at radius 2 is 2.14 bits per heavy atom. The van der Waals surface area contributed by atoms with Crippen LogP contribution < -0.4 is 4.90 Å². The first-order chi connectivity index (χ1) is 13.6. The molecule has 0 radical (unpaired) electrons. The first-order valence-electron chi connectivity index (χ1n) is 9.65. The van der Waals surface area contributed by atoms with Crippen LogP contribution in [0.15, 0.2) is 30.5 Å². The molecule has 2 saturated heterocycles. The summed E-state index contributed by atoms with van der Waals surface area (Å²) in [5.41, 5.74) is 2.09. The molecule has 2 aliphatic heterocycles. The molecule has 0 bridgehead atoms. The number of halogens is 1. The van der Waals surface area contributed by atoms with Crippen LogP contribution >= 0.6 is 0 Å². The first kappa shape index (κ1) is 18.4. The number of rotatable bonds is 1. The van der Waals surface area contributed by atoms with Gasteiger partial charge in [0.05, 0.1) is 17.8 Å². The van der Waals surface area contributed by atoms with Gasteiger partial charge in [-0.1, -0.05) is 12.0 Å². The van der Waals surface area contributed by atoms with E-state index >= 15 is 0 Å². The molecule has 2 aromatic rings. The van der Waals surface area contributed by atoms with Crippen molar-refractivity contribution in [1.82, 2.24) is 14.9 Å². The van der Waals surface area contributed by atoms with Crippen LogP contribution in [0.2, 0.25) is 0 Å². The summed E-state index contributed by atoms with van der Waals surface area (Å²) in [6, 6.07) is 9.82. The summed E-state index contributed by atoms with van der Waals surface area (Å²) in [6.45, 7) is 4.37. The highest BCUT2D eigenvalue weighted by Gasteiger charge is 2.35. The third kappa shape index (κ3) is 3.83. The van der Waals surface area contributed by atoms with E-state index in [-0.39, 0.29) is 6.04 Å². The van der Waals surface area contributed by atoms with Gasteiger partial charge in [0, 0.05) is 31.4 Å². The summed E-state index contributed by atoms with van der Waals surface area (Å²) in [6.07, 6.45) is 4.47. The SMILES string of the molecule is Cc1cccc(C#C[C@H]2CCC[C@H]3CN(c4ncc(F)cc4C#N)CCN32)n1. The van der Waals surface area contributed by atoms with E-state index in [2.05, 4.69) is 37.7 Å². The Hall–Kier alpha value is -2.96. The van der Waals surface area contributed by atoms with E-state index in [1.54, 1.807) is 0 Å². The third-order valence-corrected chi connectivity index (χ3v) is 5.45. The van der Waals surface area contributed by atoms with E-state index in [9.17, 15) is 9.65 Å². The molecule has 0 N–H and O–H groups in total. The van der Waals surface area contributed by atoms with Gasteiger partial charge in [0.25, 0.3) is 0 Å². The van der Waals surface area contributed by atoms with Gasteiger partial charge in [-0.15, -0.1) is 0 Å². The number of aryl methyl sites for hydroxylation is 1. The summed E-state index contributed by atoms with van der Waals surface area (Å²) in [5.74, 6) is 6.78. The molecule has 0 aliphatic carbocycles. The van der Waals surface area contributed by atoms with Crippen LogP contribution in [0.4, 0.5) is 10.2 Å². The van der Waals surface area contributed by atoms with E-state index in [1.165, 1.54) is 12.3 Å². The van der Waals surface area contributed by atoms with Crippen LogP contribution in [-0.2, 0) is 0 Å². The van der Waals surface area contributed by atoms with Crippen LogP contribution in [0.3, 0.4) is 0 Å². The molecule has 0 unspecified atom stereocenters.